The van der Waals surface area contributed by atoms with Crippen molar-refractivity contribution in [2.75, 3.05) is 19.1 Å². The second-order valence-electron chi connectivity index (χ2n) is 7.40. The molecule has 2 heterocycles. The van der Waals surface area contributed by atoms with Gasteiger partial charge in [-0.1, -0.05) is 24.3 Å². The van der Waals surface area contributed by atoms with E-state index in [0.29, 0.717) is 22.9 Å². The smallest absolute Gasteiger partial charge is 0.277 e. The van der Waals surface area contributed by atoms with E-state index in [1.54, 1.807) is 31.3 Å². The molecule has 0 bridgehead atoms. The van der Waals surface area contributed by atoms with Crippen molar-refractivity contribution in [2.24, 2.45) is 0 Å². The summed E-state index contributed by atoms with van der Waals surface area (Å²) < 4.78 is 24.4. The highest BCUT2D eigenvalue weighted by molar-refractivity contribution is 6.11. The highest BCUT2D eigenvalue weighted by Crippen LogP contribution is 2.46. The summed E-state index contributed by atoms with van der Waals surface area (Å²) in [6, 6.07) is 20.7. The first-order valence-corrected chi connectivity index (χ1v) is 10.1. The van der Waals surface area contributed by atoms with E-state index in [2.05, 4.69) is 10.2 Å². The molecule has 1 atom stereocenters. The lowest BCUT2D eigenvalue weighted by Gasteiger charge is -2.27. The zero-order chi connectivity index (χ0) is 22.2. The van der Waals surface area contributed by atoms with Gasteiger partial charge in [0, 0.05) is 16.8 Å². The summed E-state index contributed by atoms with van der Waals surface area (Å²) >= 11 is 0. The molecule has 1 aliphatic heterocycles. The number of para-hydroxylation sites is 1. The van der Waals surface area contributed by atoms with Crippen LogP contribution in [0.25, 0.3) is 11.3 Å². The van der Waals surface area contributed by atoms with Crippen molar-refractivity contribution in [1.29, 1.82) is 0 Å². The number of nitrogens with one attached hydrogen (secondary N) is 1. The molecule has 1 unspecified atom stereocenters. The molecule has 5 rings (SSSR count). The van der Waals surface area contributed by atoms with E-state index in [1.165, 1.54) is 12.1 Å². The van der Waals surface area contributed by atoms with Crippen molar-refractivity contribution in [1.82, 2.24) is 10.2 Å². The van der Waals surface area contributed by atoms with Crippen LogP contribution >= 0.6 is 0 Å². The average molecular weight is 429 g/mol. The Bertz CT molecular complexity index is 1290. The van der Waals surface area contributed by atoms with Crippen LogP contribution in [-0.4, -0.2) is 30.3 Å². The van der Waals surface area contributed by atoms with Crippen LogP contribution in [0.15, 0.2) is 72.8 Å². The second-order valence-corrected chi connectivity index (χ2v) is 7.40. The standard InChI is InChI=1S/C25H20FN3O3/c1-31-19-13-10-16(14-20(19)32-2)24-21-22(15-8-11-17(26)12-9-15)27-28-23(21)25(30)29(24)18-6-4-3-5-7-18/h3-14,24H,1-2H3,(H,27,28). The molecule has 0 fully saturated rings. The molecule has 4 aromatic rings. The molecule has 7 heteroatoms. The summed E-state index contributed by atoms with van der Waals surface area (Å²) in [6.45, 7) is 0. The van der Waals surface area contributed by atoms with Gasteiger partial charge in [0.15, 0.2) is 11.5 Å². The third-order valence-electron chi connectivity index (χ3n) is 5.64. The monoisotopic (exact) mass is 429 g/mol. The first-order valence-electron chi connectivity index (χ1n) is 10.1. The van der Waals surface area contributed by atoms with Gasteiger partial charge in [0.05, 0.1) is 26.0 Å². The fourth-order valence-electron chi connectivity index (χ4n) is 4.17. The number of carbonyl (C=O) groups excluding carboxylic acids is 1. The molecule has 0 spiro atoms. The van der Waals surface area contributed by atoms with Crippen molar-refractivity contribution in [3.05, 3.63) is 95.4 Å². The molecule has 6 nitrogen and oxygen atoms in total. The number of anilines is 1. The van der Waals surface area contributed by atoms with Gasteiger partial charge in [0.25, 0.3) is 5.91 Å². The topological polar surface area (TPSA) is 67.5 Å². The Kier molecular flexibility index (Phi) is 4.86. The Labute approximate surface area is 184 Å². The van der Waals surface area contributed by atoms with Crippen LogP contribution in [0.2, 0.25) is 0 Å². The third kappa shape index (κ3) is 3.10. The predicted molar refractivity (Wildman–Crippen MR) is 119 cm³/mol. The zero-order valence-corrected chi connectivity index (χ0v) is 17.5. The Morgan fingerprint density at radius 3 is 2.34 bits per heavy atom. The number of H-pyrrole nitrogens is 1. The van der Waals surface area contributed by atoms with Crippen LogP contribution in [0.5, 0.6) is 11.5 Å². The number of nitrogens with zero attached hydrogens (tertiary/aromatic N) is 2. The average Bonchev–Trinajstić information content (AvgIpc) is 3.38. The molecule has 160 valence electrons. The number of hydrogen-bond acceptors (Lipinski definition) is 4. The van der Waals surface area contributed by atoms with Crippen LogP contribution in [-0.2, 0) is 0 Å². The number of halogens is 1. The van der Waals surface area contributed by atoms with E-state index < -0.39 is 6.04 Å². The summed E-state index contributed by atoms with van der Waals surface area (Å²) in [5, 5.41) is 7.33. The van der Waals surface area contributed by atoms with Gasteiger partial charge in [-0.25, -0.2) is 4.39 Å². The summed E-state index contributed by atoms with van der Waals surface area (Å²) in [4.78, 5) is 15.2. The lowest BCUT2D eigenvalue weighted by molar-refractivity contribution is 0.0988. The van der Waals surface area contributed by atoms with Gasteiger partial charge >= 0.3 is 0 Å². The van der Waals surface area contributed by atoms with E-state index in [0.717, 1.165) is 22.4 Å². The number of aromatic amines is 1. The number of amides is 1. The van der Waals surface area contributed by atoms with Gasteiger partial charge in [0.2, 0.25) is 0 Å². The molecule has 32 heavy (non-hydrogen) atoms. The minimum atomic E-state index is -0.460. The van der Waals surface area contributed by atoms with Gasteiger partial charge in [-0.05, 0) is 54.1 Å². The zero-order valence-electron chi connectivity index (χ0n) is 17.5. The van der Waals surface area contributed by atoms with Gasteiger partial charge in [-0.2, -0.15) is 5.10 Å². The number of methoxy groups -OCH3 is 2. The molecular weight excluding hydrogens is 409 g/mol. The maximum atomic E-state index is 13.5. The fourth-order valence-corrected chi connectivity index (χ4v) is 4.17. The maximum absolute atomic E-state index is 13.5. The second kappa shape index (κ2) is 7.85. The van der Waals surface area contributed by atoms with E-state index >= 15 is 0 Å². The van der Waals surface area contributed by atoms with Crippen molar-refractivity contribution in [3.63, 3.8) is 0 Å². The largest absolute Gasteiger partial charge is 0.493 e. The summed E-state index contributed by atoms with van der Waals surface area (Å²) in [6.07, 6.45) is 0. The van der Waals surface area contributed by atoms with Gasteiger partial charge in [0.1, 0.15) is 11.5 Å². The highest BCUT2D eigenvalue weighted by atomic mass is 19.1. The van der Waals surface area contributed by atoms with E-state index in [-0.39, 0.29) is 11.7 Å². The van der Waals surface area contributed by atoms with Crippen molar-refractivity contribution in [2.45, 2.75) is 6.04 Å². The Morgan fingerprint density at radius 2 is 1.66 bits per heavy atom. The number of hydrogen-bond donors (Lipinski definition) is 1. The number of rotatable bonds is 5. The molecule has 1 aromatic heterocycles. The normalized spacial score (nSPS) is 15.0. The molecule has 0 saturated heterocycles. The third-order valence-corrected chi connectivity index (χ3v) is 5.64. The van der Waals surface area contributed by atoms with Crippen LogP contribution in [0, 0.1) is 5.82 Å². The molecular formula is C25H20FN3O3. The lowest BCUT2D eigenvalue weighted by atomic mass is 9.95. The van der Waals surface area contributed by atoms with Crippen molar-refractivity contribution in [3.8, 4) is 22.8 Å². The van der Waals surface area contributed by atoms with Crippen LogP contribution in [0.3, 0.4) is 0 Å². The van der Waals surface area contributed by atoms with Crippen molar-refractivity contribution < 1.29 is 18.7 Å². The minimum Gasteiger partial charge on any atom is -0.493 e. The van der Waals surface area contributed by atoms with Gasteiger partial charge in [-0.15, -0.1) is 0 Å². The van der Waals surface area contributed by atoms with Crippen molar-refractivity contribution >= 4 is 11.6 Å². The van der Waals surface area contributed by atoms with E-state index in [1.807, 2.05) is 48.5 Å². The lowest BCUT2D eigenvalue weighted by Crippen LogP contribution is -2.29. The molecule has 1 aliphatic rings. The predicted octanol–water partition coefficient (Wildman–Crippen LogP) is 4.98. The SMILES string of the molecule is COc1ccc(C2c3c(-c4ccc(F)cc4)n[nH]c3C(=O)N2c2ccccc2)cc1OC. The first kappa shape index (κ1) is 19.8. The van der Waals surface area contributed by atoms with E-state index in [4.69, 9.17) is 9.47 Å². The highest BCUT2D eigenvalue weighted by Gasteiger charge is 2.43. The number of carbonyl (C=O) groups is 1. The minimum absolute atomic E-state index is 0.188. The molecule has 3 aromatic carbocycles. The molecule has 0 saturated carbocycles. The van der Waals surface area contributed by atoms with Gasteiger partial charge < -0.3 is 9.47 Å². The molecule has 1 amide bonds. The van der Waals surface area contributed by atoms with Crippen LogP contribution in [0.1, 0.15) is 27.7 Å². The Hall–Kier alpha value is -4.13. The quantitative estimate of drug-likeness (QED) is 0.486. The first-order chi connectivity index (χ1) is 15.6. The number of benzene rings is 3. The number of aromatic nitrogens is 2. The summed E-state index contributed by atoms with van der Waals surface area (Å²) in [7, 11) is 3.15. The maximum Gasteiger partial charge on any atom is 0.277 e. The summed E-state index contributed by atoms with van der Waals surface area (Å²) in [5.41, 5.74) is 4.06. The fraction of sp³-hybridized carbons (Fsp3) is 0.120. The number of ether oxygens (including phenoxy) is 2. The van der Waals surface area contributed by atoms with E-state index in [9.17, 15) is 9.18 Å². The molecule has 1 N–H and O–H groups in total. The van der Waals surface area contributed by atoms with Crippen LogP contribution < -0.4 is 14.4 Å². The molecule has 0 aliphatic carbocycles. The van der Waals surface area contributed by atoms with Crippen LogP contribution in [0.4, 0.5) is 10.1 Å². The van der Waals surface area contributed by atoms with Gasteiger partial charge in [-0.3, -0.25) is 14.8 Å². The summed E-state index contributed by atoms with van der Waals surface area (Å²) in [5.74, 6) is 0.634. The number of fused-ring (bicyclic) bond motifs is 1. The Morgan fingerprint density at radius 1 is 0.938 bits per heavy atom. The molecule has 0 radical (unpaired) electrons. The Balaban J connectivity index is 1.73.